The van der Waals surface area contributed by atoms with E-state index in [0.29, 0.717) is 5.56 Å². The van der Waals surface area contributed by atoms with Crippen molar-refractivity contribution < 1.29 is 9.90 Å². The summed E-state index contributed by atoms with van der Waals surface area (Å²) in [6.45, 7) is 0.961. The number of carboxylic acids is 1. The van der Waals surface area contributed by atoms with E-state index >= 15 is 0 Å². The fourth-order valence-corrected chi connectivity index (χ4v) is 2.85. The van der Waals surface area contributed by atoms with Crippen molar-refractivity contribution in [3.63, 3.8) is 0 Å². The first-order chi connectivity index (χ1) is 7.75. The number of nitrogens with zero attached hydrogens (tertiary/aromatic N) is 2. The third-order valence-electron chi connectivity index (χ3n) is 2.76. The number of benzene rings is 1. The molecule has 0 unspecified atom stereocenters. The summed E-state index contributed by atoms with van der Waals surface area (Å²) < 4.78 is 2.18. The zero-order valence-electron chi connectivity index (χ0n) is 8.51. The van der Waals surface area contributed by atoms with Crippen molar-refractivity contribution in [2.24, 2.45) is 0 Å². The fourth-order valence-electron chi connectivity index (χ4n) is 1.99. The van der Waals surface area contributed by atoms with Crippen LogP contribution in [-0.4, -0.2) is 26.4 Å². The van der Waals surface area contributed by atoms with E-state index in [2.05, 4.69) is 9.55 Å². The van der Waals surface area contributed by atoms with Gasteiger partial charge < -0.3 is 9.67 Å². The first-order valence-electron chi connectivity index (χ1n) is 5.06. The zero-order valence-corrected chi connectivity index (χ0v) is 9.33. The van der Waals surface area contributed by atoms with Gasteiger partial charge in [-0.15, -0.1) is 0 Å². The van der Waals surface area contributed by atoms with E-state index in [0.717, 1.165) is 34.9 Å². The molecule has 1 aromatic carbocycles. The third kappa shape index (κ3) is 1.39. The minimum absolute atomic E-state index is 0.301. The molecule has 0 fully saturated rings. The number of carbonyl (C=O) groups is 1. The van der Waals surface area contributed by atoms with Crippen molar-refractivity contribution in [2.75, 3.05) is 5.75 Å². The monoisotopic (exact) mass is 234 g/mol. The fraction of sp³-hybridized carbons (Fsp3) is 0.273. The number of rotatable bonds is 1. The lowest BCUT2D eigenvalue weighted by molar-refractivity contribution is 0.0697. The summed E-state index contributed by atoms with van der Waals surface area (Å²) in [5, 5.41) is 8.91. The largest absolute Gasteiger partial charge is 0.478 e. The Hall–Kier alpha value is -1.49. The number of thioether (sulfide) groups is 1. The van der Waals surface area contributed by atoms with Crippen LogP contribution in [0.15, 0.2) is 18.2 Å². The SMILES string of the molecule is O=C(O)c1ccc2c(c1)nc1n2CCSC1. The summed E-state index contributed by atoms with van der Waals surface area (Å²) in [5.41, 5.74) is 2.13. The zero-order chi connectivity index (χ0) is 11.1. The van der Waals surface area contributed by atoms with Gasteiger partial charge in [0.1, 0.15) is 5.82 Å². The molecule has 0 spiro atoms. The van der Waals surface area contributed by atoms with Crippen molar-refractivity contribution in [3.05, 3.63) is 29.6 Å². The summed E-state index contributed by atoms with van der Waals surface area (Å²) in [4.78, 5) is 15.3. The molecule has 0 saturated carbocycles. The maximum Gasteiger partial charge on any atom is 0.335 e. The van der Waals surface area contributed by atoms with Crippen LogP contribution in [-0.2, 0) is 12.3 Å². The molecule has 0 saturated heterocycles. The molecule has 2 aromatic rings. The van der Waals surface area contributed by atoms with Crippen LogP contribution in [0.25, 0.3) is 11.0 Å². The number of imidazole rings is 1. The number of aryl methyl sites for hydroxylation is 1. The Balaban J connectivity index is 2.22. The van der Waals surface area contributed by atoms with Gasteiger partial charge in [0.05, 0.1) is 22.3 Å². The van der Waals surface area contributed by atoms with Gasteiger partial charge in [-0.1, -0.05) is 0 Å². The quantitative estimate of drug-likeness (QED) is 0.819. The van der Waals surface area contributed by atoms with E-state index in [1.54, 1.807) is 12.1 Å². The summed E-state index contributed by atoms with van der Waals surface area (Å²) >= 11 is 1.86. The maximum absolute atomic E-state index is 10.8. The van der Waals surface area contributed by atoms with Crippen LogP contribution in [0, 0.1) is 0 Å². The molecule has 0 bridgehead atoms. The molecule has 1 aromatic heterocycles. The molecular formula is C11H10N2O2S. The molecule has 3 rings (SSSR count). The number of hydrogen-bond donors (Lipinski definition) is 1. The molecule has 4 nitrogen and oxygen atoms in total. The van der Waals surface area contributed by atoms with Gasteiger partial charge in [-0.2, -0.15) is 11.8 Å². The summed E-state index contributed by atoms with van der Waals surface area (Å²) in [6.07, 6.45) is 0. The molecule has 1 aliphatic heterocycles. The standard InChI is InChI=1S/C11H10N2O2S/c14-11(15)7-1-2-9-8(5-7)12-10-6-16-4-3-13(9)10/h1-2,5H,3-4,6H2,(H,14,15). The highest BCUT2D eigenvalue weighted by Gasteiger charge is 2.15. The molecule has 16 heavy (non-hydrogen) atoms. The van der Waals surface area contributed by atoms with Crippen LogP contribution in [0.2, 0.25) is 0 Å². The lowest BCUT2D eigenvalue weighted by Gasteiger charge is -2.13. The van der Waals surface area contributed by atoms with Crippen molar-refractivity contribution in [1.29, 1.82) is 0 Å². The average Bonchev–Trinajstić information content (AvgIpc) is 2.66. The Morgan fingerprint density at radius 3 is 3.19 bits per heavy atom. The van der Waals surface area contributed by atoms with E-state index in [1.165, 1.54) is 0 Å². The summed E-state index contributed by atoms with van der Waals surface area (Å²) in [7, 11) is 0. The van der Waals surface area contributed by atoms with Crippen molar-refractivity contribution in [1.82, 2.24) is 9.55 Å². The Kier molecular flexibility index (Phi) is 2.14. The topological polar surface area (TPSA) is 55.1 Å². The second-order valence-electron chi connectivity index (χ2n) is 3.74. The van der Waals surface area contributed by atoms with E-state index in [1.807, 2.05) is 17.8 Å². The first kappa shape index (κ1) is 9.72. The van der Waals surface area contributed by atoms with Gasteiger partial charge in [-0.05, 0) is 18.2 Å². The average molecular weight is 234 g/mol. The van der Waals surface area contributed by atoms with E-state index in [-0.39, 0.29) is 0 Å². The maximum atomic E-state index is 10.8. The number of carboxylic acid groups (broad SMARTS) is 1. The predicted molar refractivity (Wildman–Crippen MR) is 62.9 cm³/mol. The number of hydrogen-bond acceptors (Lipinski definition) is 3. The molecule has 1 aliphatic rings. The van der Waals surface area contributed by atoms with Crippen LogP contribution < -0.4 is 0 Å². The lowest BCUT2D eigenvalue weighted by atomic mass is 10.2. The van der Waals surface area contributed by atoms with Crippen LogP contribution in [0.5, 0.6) is 0 Å². The Morgan fingerprint density at radius 2 is 2.38 bits per heavy atom. The van der Waals surface area contributed by atoms with Gasteiger partial charge in [-0.25, -0.2) is 9.78 Å². The van der Waals surface area contributed by atoms with E-state index in [9.17, 15) is 4.79 Å². The van der Waals surface area contributed by atoms with Gasteiger partial charge in [0.2, 0.25) is 0 Å². The normalized spacial score (nSPS) is 15.0. The van der Waals surface area contributed by atoms with Gasteiger partial charge in [0.25, 0.3) is 0 Å². The molecule has 0 radical (unpaired) electrons. The van der Waals surface area contributed by atoms with E-state index < -0.39 is 5.97 Å². The molecule has 82 valence electrons. The first-order valence-corrected chi connectivity index (χ1v) is 6.21. The molecule has 0 atom stereocenters. The molecule has 2 heterocycles. The van der Waals surface area contributed by atoms with Crippen LogP contribution in [0.1, 0.15) is 16.2 Å². The Labute approximate surface area is 96.3 Å². The molecular weight excluding hydrogens is 224 g/mol. The Bertz CT molecular complexity index is 577. The molecule has 0 aliphatic carbocycles. The minimum atomic E-state index is -0.901. The van der Waals surface area contributed by atoms with Gasteiger partial charge in [0.15, 0.2) is 0 Å². The van der Waals surface area contributed by atoms with Crippen LogP contribution in [0.4, 0.5) is 0 Å². The second-order valence-corrected chi connectivity index (χ2v) is 4.85. The van der Waals surface area contributed by atoms with Crippen LogP contribution in [0.3, 0.4) is 0 Å². The van der Waals surface area contributed by atoms with Crippen molar-refractivity contribution in [2.45, 2.75) is 12.3 Å². The number of fused-ring (bicyclic) bond motifs is 3. The smallest absolute Gasteiger partial charge is 0.335 e. The number of aromatic carboxylic acids is 1. The third-order valence-corrected chi connectivity index (χ3v) is 3.70. The van der Waals surface area contributed by atoms with Crippen molar-refractivity contribution in [3.8, 4) is 0 Å². The Morgan fingerprint density at radius 1 is 1.50 bits per heavy atom. The second kappa shape index (κ2) is 3.52. The highest BCUT2D eigenvalue weighted by atomic mass is 32.2. The predicted octanol–water partition coefficient (Wildman–Crippen LogP) is 1.98. The molecule has 0 amide bonds. The molecule has 1 N–H and O–H groups in total. The van der Waals surface area contributed by atoms with Gasteiger partial charge >= 0.3 is 5.97 Å². The van der Waals surface area contributed by atoms with Crippen LogP contribution >= 0.6 is 11.8 Å². The molecule has 5 heteroatoms. The highest BCUT2D eigenvalue weighted by Crippen LogP contribution is 2.25. The summed E-state index contributed by atoms with van der Waals surface area (Å²) in [5.74, 6) is 2.16. The van der Waals surface area contributed by atoms with E-state index in [4.69, 9.17) is 5.11 Å². The van der Waals surface area contributed by atoms with Gasteiger partial charge in [0, 0.05) is 12.3 Å². The number of aromatic nitrogens is 2. The van der Waals surface area contributed by atoms with Gasteiger partial charge in [-0.3, -0.25) is 0 Å². The highest BCUT2D eigenvalue weighted by molar-refractivity contribution is 7.98. The lowest BCUT2D eigenvalue weighted by Crippen LogP contribution is -2.10. The minimum Gasteiger partial charge on any atom is -0.478 e. The van der Waals surface area contributed by atoms with Crippen molar-refractivity contribution >= 4 is 28.8 Å². The summed E-state index contributed by atoms with van der Waals surface area (Å²) in [6, 6.07) is 5.14.